The molecule has 1 N–H and O–H groups in total. The number of rotatable bonds is 4. The molecule has 0 amide bonds. The van der Waals surface area contributed by atoms with Crippen LogP contribution >= 0.6 is 22.9 Å². The van der Waals surface area contributed by atoms with E-state index in [1.165, 1.54) is 6.07 Å². The zero-order valence-electron chi connectivity index (χ0n) is 9.34. The Kier molecular flexibility index (Phi) is 4.10. The van der Waals surface area contributed by atoms with Crippen molar-refractivity contribution in [2.75, 3.05) is 6.54 Å². The van der Waals surface area contributed by atoms with Crippen molar-refractivity contribution >= 4 is 22.9 Å². The van der Waals surface area contributed by atoms with Crippen molar-refractivity contribution < 1.29 is 4.39 Å². The molecule has 0 radical (unpaired) electrons. The van der Waals surface area contributed by atoms with Gasteiger partial charge in [-0.1, -0.05) is 18.5 Å². The molecule has 1 heterocycles. The minimum atomic E-state index is -0.404. The van der Waals surface area contributed by atoms with Crippen molar-refractivity contribution in [1.29, 1.82) is 0 Å². The van der Waals surface area contributed by atoms with Gasteiger partial charge in [0.15, 0.2) is 0 Å². The third-order valence-electron chi connectivity index (χ3n) is 2.29. The quantitative estimate of drug-likeness (QED) is 0.916. The lowest BCUT2D eigenvalue weighted by molar-refractivity contribution is 0.628. The van der Waals surface area contributed by atoms with Crippen molar-refractivity contribution in [2.24, 2.45) is 0 Å². The summed E-state index contributed by atoms with van der Waals surface area (Å²) in [6.07, 6.45) is 0. The molecular weight excluding hydrogens is 259 g/mol. The molecule has 0 aliphatic carbocycles. The van der Waals surface area contributed by atoms with Crippen LogP contribution in [0.4, 0.5) is 4.39 Å². The second-order valence-electron chi connectivity index (χ2n) is 3.54. The van der Waals surface area contributed by atoms with E-state index < -0.39 is 5.82 Å². The predicted octanol–water partition coefficient (Wildman–Crippen LogP) is 3.71. The summed E-state index contributed by atoms with van der Waals surface area (Å²) < 4.78 is 13.0. The van der Waals surface area contributed by atoms with Crippen LogP contribution in [0.25, 0.3) is 11.3 Å². The first-order chi connectivity index (χ1) is 8.20. The van der Waals surface area contributed by atoms with Gasteiger partial charge in [-0.25, -0.2) is 9.37 Å². The largest absolute Gasteiger partial charge is 0.311 e. The van der Waals surface area contributed by atoms with Crippen LogP contribution in [0.3, 0.4) is 0 Å². The monoisotopic (exact) mass is 270 g/mol. The van der Waals surface area contributed by atoms with Crippen molar-refractivity contribution in [2.45, 2.75) is 13.5 Å². The normalized spacial score (nSPS) is 10.8. The maximum atomic E-state index is 13.0. The predicted molar refractivity (Wildman–Crippen MR) is 69.9 cm³/mol. The van der Waals surface area contributed by atoms with E-state index in [0.29, 0.717) is 0 Å². The van der Waals surface area contributed by atoms with Crippen LogP contribution in [0, 0.1) is 5.82 Å². The fourth-order valence-corrected chi connectivity index (χ4v) is 2.37. The van der Waals surface area contributed by atoms with E-state index >= 15 is 0 Å². The highest BCUT2D eigenvalue weighted by atomic mass is 35.5. The van der Waals surface area contributed by atoms with E-state index in [2.05, 4.69) is 10.3 Å². The van der Waals surface area contributed by atoms with Gasteiger partial charge in [0.2, 0.25) is 0 Å². The van der Waals surface area contributed by atoms with Gasteiger partial charge in [-0.2, -0.15) is 0 Å². The first-order valence-electron chi connectivity index (χ1n) is 5.31. The Hall–Kier alpha value is -0.970. The Morgan fingerprint density at radius 2 is 2.29 bits per heavy atom. The zero-order valence-corrected chi connectivity index (χ0v) is 10.9. The van der Waals surface area contributed by atoms with Gasteiger partial charge in [0.1, 0.15) is 10.8 Å². The van der Waals surface area contributed by atoms with Gasteiger partial charge in [0.05, 0.1) is 10.7 Å². The molecule has 0 aliphatic heterocycles. The molecule has 0 atom stereocenters. The van der Waals surface area contributed by atoms with Gasteiger partial charge in [0.25, 0.3) is 0 Å². The molecule has 0 saturated heterocycles. The summed E-state index contributed by atoms with van der Waals surface area (Å²) >= 11 is 7.33. The van der Waals surface area contributed by atoms with Gasteiger partial charge in [-0.3, -0.25) is 0 Å². The summed E-state index contributed by atoms with van der Waals surface area (Å²) in [5, 5.41) is 6.31. The fourth-order valence-electron chi connectivity index (χ4n) is 1.41. The smallest absolute Gasteiger partial charge is 0.141 e. The number of hydrogen-bond acceptors (Lipinski definition) is 3. The van der Waals surface area contributed by atoms with E-state index in [0.717, 1.165) is 29.4 Å². The SMILES string of the molecule is CCNCc1nc(-c2ccc(F)c(Cl)c2)cs1. The highest BCUT2D eigenvalue weighted by Crippen LogP contribution is 2.26. The molecule has 2 rings (SSSR count). The summed E-state index contributed by atoms with van der Waals surface area (Å²) in [6, 6.07) is 4.65. The van der Waals surface area contributed by atoms with Gasteiger partial charge in [-0.05, 0) is 24.7 Å². The van der Waals surface area contributed by atoms with Crippen LogP contribution in [0.2, 0.25) is 5.02 Å². The number of nitrogens with zero attached hydrogens (tertiary/aromatic N) is 1. The average Bonchev–Trinajstić information content (AvgIpc) is 2.79. The van der Waals surface area contributed by atoms with Gasteiger partial charge >= 0.3 is 0 Å². The number of halogens is 2. The van der Waals surface area contributed by atoms with Crippen molar-refractivity contribution in [3.05, 3.63) is 39.4 Å². The Morgan fingerprint density at radius 3 is 3.00 bits per heavy atom. The summed E-state index contributed by atoms with van der Waals surface area (Å²) in [7, 11) is 0. The highest BCUT2D eigenvalue weighted by molar-refractivity contribution is 7.09. The van der Waals surface area contributed by atoms with Crippen LogP contribution in [0.15, 0.2) is 23.6 Å². The minimum Gasteiger partial charge on any atom is -0.311 e. The van der Waals surface area contributed by atoms with E-state index in [1.54, 1.807) is 23.5 Å². The van der Waals surface area contributed by atoms with Crippen molar-refractivity contribution in [1.82, 2.24) is 10.3 Å². The van der Waals surface area contributed by atoms with E-state index in [-0.39, 0.29) is 5.02 Å². The number of thiazole rings is 1. The average molecular weight is 271 g/mol. The molecular formula is C12H12ClFN2S. The van der Waals surface area contributed by atoms with E-state index in [1.807, 2.05) is 12.3 Å². The molecule has 1 aromatic heterocycles. The van der Waals surface area contributed by atoms with E-state index in [4.69, 9.17) is 11.6 Å². The first-order valence-corrected chi connectivity index (χ1v) is 6.57. The number of benzene rings is 1. The van der Waals surface area contributed by atoms with Crippen molar-refractivity contribution in [3.8, 4) is 11.3 Å². The summed E-state index contributed by atoms with van der Waals surface area (Å²) in [6.45, 7) is 3.72. The fraction of sp³-hybridized carbons (Fsp3) is 0.250. The lowest BCUT2D eigenvalue weighted by Gasteiger charge is -1.99. The second-order valence-corrected chi connectivity index (χ2v) is 4.89. The molecule has 0 fully saturated rings. The van der Waals surface area contributed by atoms with Gasteiger partial charge in [-0.15, -0.1) is 11.3 Å². The minimum absolute atomic E-state index is 0.128. The lowest BCUT2D eigenvalue weighted by Crippen LogP contribution is -2.11. The first kappa shape index (κ1) is 12.5. The molecule has 5 heteroatoms. The second kappa shape index (κ2) is 5.58. The van der Waals surface area contributed by atoms with Crippen LogP contribution in [0.5, 0.6) is 0 Å². The Labute approximate surface area is 108 Å². The maximum absolute atomic E-state index is 13.0. The molecule has 90 valence electrons. The highest BCUT2D eigenvalue weighted by Gasteiger charge is 2.07. The molecule has 2 nitrogen and oxygen atoms in total. The van der Waals surface area contributed by atoms with Crippen LogP contribution in [-0.4, -0.2) is 11.5 Å². The molecule has 2 aromatic rings. The van der Waals surface area contributed by atoms with Crippen molar-refractivity contribution in [3.63, 3.8) is 0 Å². The molecule has 0 aliphatic rings. The topological polar surface area (TPSA) is 24.9 Å². The number of nitrogens with one attached hydrogen (secondary N) is 1. The standard InChI is InChI=1S/C12H12ClFN2S/c1-2-15-6-12-16-11(7-17-12)8-3-4-10(14)9(13)5-8/h3-5,7,15H,2,6H2,1H3. The summed E-state index contributed by atoms with van der Waals surface area (Å²) in [5.41, 5.74) is 1.68. The zero-order chi connectivity index (χ0) is 12.3. The molecule has 0 unspecified atom stereocenters. The Bertz CT molecular complexity index is 513. The molecule has 1 aromatic carbocycles. The Balaban J connectivity index is 2.21. The van der Waals surface area contributed by atoms with Gasteiger partial charge in [0, 0.05) is 17.5 Å². The van der Waals surface area contributed by atoms with Gasteiger partial charge < -0.3 is 5.32 Å². The molecule has 17 heavy (non-hydrogen) atoms. The van der Waals surface area contributed by atoms with Crippen LogP contribution in [-0.2, 0) is 6.54 Å². The third-order valence-corrected chi connectivity index (χ3v) is 3.43. The molecule has 0 spiro atoms. The summed E-state index contributed by atoms with van der Waals surface area (Å²) in [4.78, 5) is 4.46. The van der Waals surface area contributed by atoms with Crippen LogP contribution in [0.1, 0.15) is 11.9 Å². The number of aromatic nitrogens is 1. The van der Waals surface area contributed by atoms with E-state index in [9.17, 15) is 4.39 Å². The molecule has 0 bridgehead atoms. The summed E-state index contributed by atoms with van der Waals surface area (Å²) in [5.74, 6) is -0.404. The number of hydrogen-bond donors (Lipinski definition) is 1. The lowest BCUT2D eigenvalue weighted by atomic mass is 10.2. The molecule has 0 saturated carbocycles. The third kappa shape index (κ3) is 3.03. The Morgan fingerprint density at radius 1 is 1.47 bits per heavy atom. The maximum Gasteiger partial charge on any atom is 0.141 e. The van der Waals surface area contributed by atoms with Crippen LogP contribution < -0.4 is 5.32 Å².